The number of aliphatic carboxylic acids is 1. The summed E-state index contributed by atoms with van der Waals surface area (Å²) in [4.78, 5) is 11.1. The molecule has 0 spiro atoms. The van der Waals surface area contributed by atoms with Gasteiger partial charge in [-0.25, -0.2) is 0 Å². The number of thioether (sulfide) groups is 1. The second-order valence-electron chi connectivity index (χ2n) is 4.31. The Labute approximate surface area is 90.5 Å². The maximum Gasteiger partial charge on any atom is 0.307 e. The lowest BCUT2D eigenvalue weighted by molar-refractivity contribution is -0.141. The van der Waals surface area contributed by atoms with Crippen molar-refractivity contribution in [3.05, 3.63) is 0 Å². The summed E-state index contributed by atoms with van der Waals surface area (Å²) in [5.74, 6) is -0.699. The van der Waals surface area contributed by atoms with Crippen LogP contribution in [0.2, 0.25) is 0 Å². The molecule has 0 aromatic carbocycles. The van der Waals surface area contributed by atoms with Gasteiger partial charge in [-0.1, -0.05) is 33.1 Å². The summed E-state index contributed by atoms with van der Waals surface area (Å²) in [6, 6.07) is 0. The summed E-state index contributed by atoms with van der Waals surface area (Å²) in [5.41, 5.74) is 0. The fourth-order valence-electron chi connectivity index (χ4n) is 2.07. The van der Waals surface area contributed by atoms with E-state index in [0.717, 1.165) is 19.3 Å². The fraction of sp³-hybridized carbons (Fsp3) is 0.909. The molecule has 1 aliphatic rings. The monoisotopic (exact) mass is 216 g/mol. The van der Waals surface area contributed by atoms with Crippen molar-refractivity contribution in [3.63, 3.8) is 0 Å². The minimum atomic E-state index is -0.593. The Balaban J connectivity index is 2.59. The zero-order valence-corrected chi connectivity index (χ0v) is 9.85. The largest absolute Gasteiger partial charge is 0.481 e. The van der Waals surface area contributed by atoms with Gasteiger partial charge in [0, 0.05) is 5.25 Å². The third kappa shape index (κ3) is 3.52. The van der Waals surface area contributed by atoms with Crippen molar-refractivity contribution in [1.29, 1.82) is 0 Å². The molecule has 0 heterocycles. The molecule has 1 saturated carbocycles. The van der Waals surface area contributed by atoms with Crippen molar-refractivity contribution >= 4 is 17.7 Å². The third-order valence-electron chi connectivity index (χ3n) is 2.72. The van der Waals surface area contributed by atoms with Crippen LogP contribution in [0.3, 0.4) is 0 Å². The zero-order chi connectivity index (χ0) is 10.6. The van der Waals surface area contributed by atoms with Crippen LogP contribution in [0.5, 0.6) is 0 Å². The Morgan fingerprint density at radius 1 is 1.29 bits per heavy atom. The van der Waals surface area contributed by atoms with Crippen LogP contribution in [-0.4, -0.2) is 21.6 Å². The van der Waals surface area contributed by atoms with Crippen LogP contribution < -0.4 is 0 Å². The highest BCUT2D eigenvalue weighted by Gasteiger charge is 2.30. The molecule has 14 heavy (non-hydrogen) atoms. The second-order valence-corrected chi connectivity index (χ2v) is 6.13. The molecule has 0 amide bonds. The number of hydrogen-bond donors (Lipinski definition) is 1. The highest BCUT2D eigenvalue weighted by molar-refractivity contribution is 8.00. The topological polar surface area (TPSA) is 37.3 Å². The van der Waals surface area contributed by atoms with Gasteiger partial charge in [0.05, 0.1) is 5.92 Å². The number of rotatable bonds is 3. The molecule has 0 aromatic rings. The maximum atomic E-state index is 11.1. The van der Waals surface area contributed by atoms with Crippen LogP contribution in [-0.2, 0) is 4.79 Å². The Bertz CT molecular complexity index is 192. The molecular formula is C11H20O2S. The van der Waals surface area contributed by atoms with Gasteiger partial charge in [0.15, 0.2) is 0 Å². The van der Waals surface area contributed by atoms with E-state index in [9.17, 15) is 4.79 Å². The van der Waals surface area contributed by atoms with Crippen LogP contribution in [0.15, 0.2) is 0 Å². The molecule has 0 aromatic heterocycles. The van der Waals surface area contributed by atoms with Crippen LogP contribution in [0.1, 0.15) is 46.0 Å². The molecule has 82 valence electrons. The lowest BCUT2D eigenvalue weighted by atomic mass is 10.0. The van der Waals surface area contributed by atoms with Crippen LogP contribution in [0, 0.1) is 5.92 Å². The Morgan fingerprint density at radius 2 is 1.93 bits per heavy atom. The van der Waals surface area contributed by atoms with Gasteiger partial charge in [-0.15, -0.1) is 0 Å². The number of carboxylic acids is 1. The van der Waals surface area contributed by atoms with Gasteiger partial charge < -0.3 is 5.11 Å². The first kappa shape index (κ1) is 11.9. The molecule has 2 unspecified atom stereocenters. The SMILES string of the molecule is CC(C)SC1CCCCCC1C(=O)O. The third-order valence-corrected chi connectivity index (χ3v) is 4.17. The van der Waals surface area contributed by atoms with Crippen molar-refractivity contribution in [3.8, 4) is 0 Å². The molecule has 1 aliphatic carbocycles. The maximum absolute atomic E-state index is 11.1. The highest BCUT2D eigenvalue weighted by Crippen LogP contribution is 2.34. The van der Waals surface area contributed by atoms with E-state index in [1.165, 1.54) is 12.8 Å². The molecular weight excluding hydrogens is 196 g/mol. The fourth-order valence-corrected chi connectivity index (χ4v) is 3.51. The molecule has 1 fully saturated rings. The molecule has 2 nitrogen and oxygen atoms in total. The molecule has 2 atom stereocenters. The highest BCUT2D eigenvalue weighted by atomic mass is 32.2. The molecule has 0 saturated heterocycles. The van der Waals surface area contributed by atoms with E-state index in [1.54, 1.807) is 0 Å². The van der Waals surface area contributed by atoms with Gasteiger partial charge in [0.2, 0.25) is 0 Å². The summed E-state index contributed by atoms with van der Waals surface area (Å²) in [6.07, 6.45) is 5.46. The van der Waals surface area contributed by atoms with Gasteiger partial charge in [-0.05, 0) is 18.1 Å². The first-order chi connectivity index (χ1) is 6.61. The Hall–Kier alpha value is -0.180. The minimum Gasteiger partial charge on any atom is -0.481 e. The second kappa shape index (κ2) is 5.64. The van der Waals surface area contributed by atoms with E-state index >= 15 is 0 Å². The van der Waals surface area contributed by atoms with Gasteiger partial charge in [-0.3, -0.25) is 4.79 Å². The normalized spacial score (nSPS) is 28.8. The minimum absolute atomic E-state index is 0.107. The van der Waals surface area contributed by atoms with Crippen LogP contribution >= 0.6 is 11.8 Å². The molecule has 1 N–H and O–H groups in total. The smallest absolute Gasteiger partial charge is 0.307 e. The summed E-state index contributed by atoms with van der Waals surface area (Å²) in [7, 11) is 0. The molecule has 0 aliphatic heterocycles. The Kier molecular flexibility index (Phi) is 4.79. The Morgan fingerprint density at radius 3 is 2.50 bits per heavy atom. The summed E-state index contributed by atoms with van der Waals surface area (Å²) >= 11 is 1.84. The van der Waals surface area contributed by atoms with Gasteiger partial charge in [0.1, 0.15) is 0 Å². The van der Waals surface area contributed by atoms with Gasteiger partial charge in [0.25, 0.3) is 0 Å². The van der Waals surface area contributed by atoms with Gasteiger partial charge in [-0.2, -0.15) is 11.8 Å². The lowest BCUT2D eigenvalue weighted by Gasteiger charge is -2.22. The summed E-state index contributed by atoms with van der Waals surface area (Å²) in [5, 5.41) is 10.0. The molecule has 1 rings (SSSR count). The lowest BCUT2D eigenvalue weighted by Crippen LogP contribution is -2.25. The average molecular weight is 216 g/mol. The van der Waals surface area contributed by atoms with E-state index in [4.69, 9.17) is 5.11 Å². The van der Waals surface area contributed by atoms with Crippen molar-refractivity contribution in [2.24, 2.45) is 5.92 Å². The number of carboxylic acid groups (broad SMARTS) is 1. The predicted octanol–water partition coefficient (Wildman–Crippen LogP) is 3.16. The summed E-state index contributed by atoms with van der Waals surface area (Å²) < 4.78 is 0. The zero-order valence-electron chi connectivity index (χ0n) is 9.03. The van der Waals surface area contributed by atoms with E-state index in [0.29, 0.717) is 10.5 Å². The molecule has 3 heteroatoms. The first-order valence-corrected chi connectivity index (χ1v) is 6.44. The van der Waals surface area contributed by atoms with Crippen molar-refractivity contribution in [1.82, 2.24) is 0 Å². The number of carbonyl (C=O) groups is 1. The number of hydrogen-bond acceptors (Lipinski definition) is 2. The van der Waals surface area contributed by atoms with E-state index in [1.807, 2.05) is 11.8 Å². The van der Waals surface area contributed by atoms with Gasteiger partial charge >= 0.3 is 5.97 Å². The van der Waals surface area contributed by atoms with Crippen LogP contribution in [0.4, 0.5) is 0 Å². The van der Waals surface area contributed by atoms with Crippen LogP contribution in [0.25, 0.3) is 0 Å². The van der Waals surface area contributed by atoms with Crippen molar-refractivity contribution in [2.75, 3.05) is 0 Å². The standard InChI is InChI=1S/C11H20O2S/c1-8(2)14-10-7-5-3-4-6-9(10)11(12)13/h8-10H,3-7H2,1-2H3,(H,12,13). The quantitative estimate of drug-likeness (QED) is 0.736. The van der Waals surface area contributed by atoms with E-state index < -0.39 is 5.97 Å². The predicted molar refractivity (Wildman–Crippen MR) is 60.7 cm³/mol. The average Bonchev–Trinajstić information content (AvgIpc) is 2.28. The van der Waals surface area contributed by atoms with E-state index in [2.05, 4.69) is 13.8 Å². The van der Waals surface area contributed by atoms with E-state index in [-0.39, 0.29) is 5.92 Å². The van der Waals surface area contributed by atoms with Crippen molar-refractivity contribution < 1.29 is 9.90 Å². The molecule has 0 bridgehead atoms. The molecule has 0 radical (unpaired) electrons. The first-order valence-electron chi connectivity index (χ1n) is 5.49. The summed E-state index contributed by atoms with van der Waals surface area (Å²) in [6.45, 7) is 4.29. The van der Waals surface area contributed by atoms with Crippen molar-refractivity contribution in [2.45, 2.75) is 56.5 Å².